The highest BCUT2D eigenvalue weighted by Crippen LogP contribution is 2.32. The Morgan fingerprint density at radius 3 is 3.00 bits per heavy atom. The first-order valence-corrected chi connectivity index (χ1v) is 6.48. The highest BCUT2D eigenvalue weighted by Gasteiger charge is 2.39. The number of aromatic nitrogens is 1. The molecule has 0 saturated carbocycles. The smallest absolute Gasteiger partial charge is 0.224 e. The van der Waals surface area contributed by atoms with Crippen LogP contribution >= 0.6 is 11.3 Å². The molecule has 2 heterocycles. The maximum absolute atomic E-state index is 11.8. The van der Waals surface area contributed by atoms with Crippen LogP contribution in [0.25, 0.3) is 0 Å². The van der Waals surface area contributed by atoms with Crippen LogP contribution in [-0.4, -0.2) is 28.4 Å². The van der Waals surface area contributed by atoms with Gasteiger partial charge in [0.15, 0.2) is 0 Å². The Bertz CT molecular complexity index is 390. The topological polar surface area (TPSA) is 59.2 Å². The second kappa shape index (κ2) is 4.51. The molecule has 88 valence electrons. The van der Waals surface area contributed by atoms with Gasteiger partial charge in [-0.25, -0.2) is 4.98 Å². The molecule has 0 spiro atoms. The van der Waals surface area contributed by atoms with Crippen LogP contribution in [0.15, 0.2) is 5.38 Å². The first-order valence-electron chi connectivity index (χ1n) is 5.60. The Hall–Kier alpha value is -0.940. The summed E-state index contributed by atoms with van der Waals surface area (Å²) in [5, 5.41) is 3.04. The molecule has 1 amide bonds. The maximum Gasteiger partial charge on any atom is 0.224 e. The molecule has 0 aliphatic carbocycles. The van der Waals surface area contributed by atoms with Crippen molar-refractivity contribution in [3.8, 4) is 0 Å². The van der Waals surface area contributed by atoms with Crippen LogP contribution in [-0.2, 0) is 4.79 Å². The van der Waals surface area contributed by atoms with Crippen molar-refractivity contribution in [2.24, 2.45) is 5.73 Å². The molecule has 16 heavy (non-hydrogen) atoms. The molecule has 0 bridgehead atoms. The van der Waals surface area contributed by atoms with Crippen LogP contribution < -0.4 is 5.73 Å². The Morgan fingerprint density at radius 2 is 2.44 bits per heavy atom. The van der Waals surface area contributed by atoms with E-state index in [0.29, 0.717) is 6.42 Å². The monoisotopic (exact) mass is 239 g/mol. The summed E-state index contributed by atoms with van der Waals surface area (Å²) in [5.74, 6) is 0.157. The van der Waals surface area contributed by atoms with E-state index in [4.69, 9.17) is 5.73 Å². The third-order valence-corrected chi connectivity index (χ3v) is 3.67. The first kappa shape index (κ1) is 11.5. The van der Waals surface area contributed by atoms with Crippen molar-refractivity contribution in [1.29, 1.82) is 0 Å². The van der Waals surface area contributed by atoms with Gasteiger partial charge in [0.25, 0.3) is 0 Å². The van der Waals surface area contributed by atoms with Crippen LogP contribution in [0.4, 0.5) is 0 Å². The van der Waals surface area contributed by atoms with Crippen LogP contribution in [0.1, 0.15) is 36.5 Å². The Morgan fingerprint density at radius 1 is 1.69 bits per heavy atom. The Kier molecular flexibility index (Phi) is 3.25. The number of aryl methyl sites for hydroxylation is 1. The predicted octanol–water partition coefficient (Wildman–Crippen LogP) is 1.46. The van der Waals surface area contributed by atoms with Gasteiger partial charge in [0.1, 0.15) is 0 Å². The number of hydrogen-bond acceptors (Lipinski definition) is 4. The van der Waals surface area contributed by atoms with Gasteiger partial charge >= 0.3 is 0 Å². The van der Waals surface area contributed by atoms with Crippen molar-refractivity contribution in [1.82, 2.24) is 9.88 Å². The second-order valence-electron chi connectivity index (χ2n) is 4.19. The van der Waals surface area contributed by atoms with E-state index in [1.54, 1.807) is 11.3 Å². The van der Waals surface area contributed by atoms with E-state index in [1.807, 2.05) is 17.2 Å². The molecule has 2 N–H and O–H groups in total. The molecule has 0 unspecified atom stereocenters. The molecule has 2 rings (SSSR count). The molecule has 1 fully saturated rings. The zero-order chi connectivity index (χ0) is 11.7. The number of nitrogens with zero attached hydrogens (tertiary/aromatic N) is 2. The van der Waals surface area contributed by atoms with Gasteiger partial charge in [0, 0.05) is 24.4 Å². The van der Waals surface area contributed by atoms with Gasteiger partial charge in [-0.15, -0.1) is 11.3 Å². The third-order valence-electron chi connectivity index (χ3n) is 2.88. The summed E-state index contributed by atoms with van der Waals surface area (Å²) in [6, 6.07) is -0.127. The van der Waals surface area contributed by atoms with Gasteiger partial charge in [-0.2, -0.15) is 0 Å². The number of likely N-dealkylation sites (tertiary alicyclic amines) is 1. The number of hydrogen-bond donors (Lipinski definition) is 1. The molecular formula is C11H17N3OS. The van der Waals surface area contributed by atoms with Crippen molar-refractivity contribution < 1.29 is 4.79 Å². The number of thiazole rings is 1. The fourth-order valence-electron chi connectivity index (χ4n) is 2.22. The minimum atomic E-state index is -0.111. The van der Waals surface area contributed by atoms with E-state index >= 15 is 0 Å². The molecule has 0 aromatic carbocycles. The molecule has 5 heteroatoms. The second-order valence-corrected chi connectivity index (χ2v) is 5.25. The van der Waals surface area contributed by atoms with E-state index in [-0.39, 0.29) is 18.0 Å². The lowest BCUT2D eigenvalue weighted by Crippen LogP contribution is -2.33. The summed E-state index contributed by atoms with van der Waals surface area (Å²) in [7, 11) is 0. The largest absolute Gasteiger partial charge is 0.332 e. The standard InChI is InChI=1S/C11H17N3OS/c1-3-4-14-10(15)5-8(12)11(14)9-6-16-7(2)13-9/h6,8,11H,3-5,12H2,1-2H3/t8-,11-/m0/s1. The van der Waals surface area contributed by atoms with Crippen LogP contribution in [0.5, 0.6) is 0 Å². The molecule has 1 aromatic heterocycles. The van der Waals surface area contributed by atoms with Gasteiger partial charge in [-0.1, -0.05) is 6.92 Å². The summed E-state index contributed by atoms with van der Waals surface area (Å²) in [4.78, 5) is 18.1. The lowest BCUT2D eigenvalue weighted by molar-refractivity contribution is -0.129. The average Bonchev–Trinajstić information content (AvgIpc) is 2.73. The van der Waals surface area contributed by atoms with E-state index in [2.05, 4.69) is 11.9 Å². The van der Waals surface area contributed by atoms with Gasteiger partial charge in [-0.05, 0) is 13.3 Å². The fourth-order valence-corrected chi connectivity index (χ4v) is 2.86. The molecule has 1 aliphatic heterocycles. The molecule has 0 radical (unpaired) electrons. The first-order chi connectivity index (χ1) is 7.63. The SMILES string of the molecule is CCCN1C(=O)C[C@H](N)[C@H]1c1csc(C)n1. The zero-order valence-electron chi connectivity index (χ0n) is 9.64. The zero-order valence-corrected chi connectivity index (χ0v) is 10.5. The molecule has 2 atom stereocenters. The average molecular weight is 239 g/mol. The summed E-state index contributed by atoms with van der Waals surface area (Å²) < 4.78 is 0. The number of amides is 1. The molecule has 1 aromatic rings. The molecule has 1 saturated heterocycles. The fraction of sp³-hybridized carbons (Fsp3) is 0.636. The van der Waals surface area contributed by atoms with Crippen molar-refractivity contribution in [3.63, 3.8) is 0 Å². The van der Waals surface area contributed by atoms with E-state index in [1.165, 1.54) is 0 Å². The number of carbonyl (C=O) groups excluding carboxylic acids is 1. The van der Waals surface area contributed by atoms with Gasteiger partial charge in [-0.3, -0.25) is 4.79 Å². The van der Waals surface area contributed by atoms with Crippen molar-refractivity contribution >= 4 is 17.2 Å². The molecule has 4 nitrogen and oxygen atoms in total. The highest BCUT2D eigenvalue weighted by atomic mass is 32.1. The van der Waals surface area contributed by atoms with Crippen molar-refractivity contribution in [3.05, 3.63) is 16.1 Å². The van der Waals surface area contributed by atoms with Crippen molar-refractivity contribution in [2.75, 3.05) is 6.54 Å². The lowest BCUT2D eigenvalue weighted by atomic mass is 10.1. The number of rotatable bonds is 3. The predicted molar refractivity (Wildman–Crippen MR) is 64.2 cm³/mol. The Balaban J connectivity index is 2.26. The van der Waals surface area contributed by atoms with E-state index in [0.717, 1.165) is 23.7 Å². The summed E-state index contributed by atoms with van der Waals surface area (Å²) in [6.07, 6.45) is 1.40. The Labute approximate surface area is 99.5 Å². The summed E-state index contributed by atoms with van der Waals surface area (Å²) in [5.41, 5.74) is 6.99. The minimum absolute atomic E-state index is 0.0163. The lowest BCUT2D eigenvalue weighted by Gasteiger charge is -2.24. The van der Waals surface area contributed by atoms with Gasteiger partial charge in [0.2, 0.25) is 5.91 Å². The number of carbonyl (C=O) groups is 1. The van der Waals surface area contributed by atoms with Crippen LogP contribution in [0.3, 0.4) is 0 Å². The quantitative estimate of drug-likeness (QED) is 0.868. The van der Waals surface area contributed by atoms with Crippen LogP contribution in [0.2, 0.25) is 0 Å². The summed E-state index contributed by atoms with van der Waals surface area (Å²) >= 11 is 1.61. The minimum Gasteiger partial charge on any atom is -0.332 e. The third kappa shape index (κ3) is 1.97. The van der Waals surface area contributed by atoms with Gasteiger partial charge < -0.3 is 10.6 Å². The maximum atomic E-state index is 11.8. The molecular weight excluding hydrogens is 222 g/mol. The summed E-state index contributed by atoms with van der Waals surface area (Å²) in [6.45, 7) is 4.81. The van der Waals surface area contributed by atoms with Crippen molar-refractivity contribution in [2.45, 2.75) is 38.8 Å². The number of nitrogens with two attached hydrogens (primary N) is 1. The van der Waals surface area contributed by atoms with Gasteiger partial charge in [0.05, 0.1) is 16.7 Å². The van der Waals surface area contributed by atoms with E-state index in [9.17, 15) is 4.79 Å². The normalized spacial score (nSPS) is 25.4. The van der Waals surface area contributed by atoms with Crippen LogP contribution in [0, 0.1) is 6.92 Å². The molecule has 1 aliphatic rings. The highest BCUT2D eigenvalue weighted by molar-refractivity contribution is 7.09. The van der Waals surface area contributed by atoms with E-state index < -0.39 is 0 Å².